The van der Waals surface area contributed by atoms with Crippen molar-refractivity contribution in [1.29, 1.82) is 0 Å². The number of fused-ring (bicyclic) bond motifs is 1. The zero-order chi connectivity index (χ0) is 17.4. The summed E-state index contributed by atoms with van der Waals surface area (Å²) in [4.78, 5) is 31.3. The van der Waals surface area contributed by atoms with Crippen LogP contribution in [0.2, 0.25) is 0 Å². The van der Waals surface area contributed by atoms with E-state index in [0.29, 0.717) is 26.2 Å². The van der Waals surface area contributed by atoms with Crippen molar-refractivity contribution in [3.05, 3.63) is 56.8 Å². The molecule has 2 amide bonds. The smallest absolute Gasteiger partial charge is 0.264 e. The number of amides is 2. The van der Waals surface area contributed by atoms with Gasteiger partial charge in [0.05, 0.1) is 4.88 Å². The van der Waals surface area contributed by atoms with Crippen LogP contribution in [0.4, 0.5) is 0 Å². The molecular weight excluding hydrogens is 332 g/mol. The summed E-state index contributed by atoms with van der Waals surface area (Å²) in [6.07, 6.45) is 3.44. The summed E-state index contributed by atoms with van der Waals surface area (Å²) in [5, 5.41) is 0. The van der Waals surface area contributed by atoms with Gasteiger partial charge in [0, 0.05) is 36.6 Å². The third kappa shape index (κ3) is 3.21. The lowest BCUT2D eigenvalue weighted by Crippen LogP contribution is -2.50. The fourth-order valence-corrected chi connectivity index (χ4v) is 4.80. The Bertz CT molecular complexity index is 780. The van der Waals surface area contributed by atoms with Gasteiger partial charge in [-0.25, -0.2) is 0 Å². The van der Waals surface area contributed by atoms with Crippen molar-refractivity contribution in [2.45, 2.75) is 26.2 Å². The Hall–Kier alpha value is -2.14. The Kier molecular flexibility index (Phi) is 4.34. The van der Waals surface area contributed by atoms with Crippen molar-refractivity contribution in [3.63, 3.8) is 0 Å². The Labute approximate surface area is 152 Å². The standard InChI is InChI=1S/C20H22N2O2S/c1-14-5-7-15(8-6-14)19(23)21-9-11-22(12-10-21)20(24)18-13-16-3-2-4-17(16)25-18/h5-8,13H,2-4,9-12H2,1H3. The molecule has 0 radical (unpaired) electrons. The average Bonchev–Trinajstić information content (AvgIpc) is 3.23. The molecule has 2 aromatic rings. The second-order valence-corrected chi connectivity index (χ2v) is 8.00. The molecule has 0 unspecified atom stereocenters. The quantitative estimate of drug-likeness (QED) is 0.831. The van der Waals surface area contributed by atoms with Gasteiger partial charge in [-0.1, -0.05) is 17.7 Å². The van der Waals surface area contributed by atoms with E-state index in [4.69, 9.17) is 0 Å². The van der Waals surface area contributed by atoms with Gasteiger partial charge in [-0.05, 0) is 49.9 Å². The Morgan fingerprint density at radius 3 is 2.20 bits per heavy atom. The molecule has 1 aromatic carbocycles. The molecule has 25 heavy (non-hydrogen) atoms. The second-order valence-electron chi connectivity index (χ2n) is 6.86. The molecule has 0 N–H and O–H groups in total. The summed E-state index contributed by atoms with van der Waals surface area (Å²) in [7, 11) is 0. The molecule has 1 fully saturated rings. The predicted octanol–water partition coefficient (Wildman–Crippen LogP) is 3.14. The molecule has 130 valence electrons. The van der Waals surface area contributed by atoms with E-state index in [1.807, 2.05) is 41.0 Å². The van der Waals surface area contributed by atoms with Crippen LogP contribution in [0.5, 0.6) is 0 Å². The van der Waals surface area contributed by atoms with E-state index < -0.39 is 0 Å². The number of piperazine rings is 1. The van der Waals surface area contributed by atoms with Crippen LogP contribution >= 0.6 is 11.3 Å². The predicted molar refractivity (Wildman–Crippen MR) is 99.3 cm³/mol. The van der Waals surface area contributed by atoms with Crippen LogP contribution in [0.25, 0.3) is 0 Å². The van der Waals surface area contributed by atoms with E-state index in [1.165, 1.54) is 16.9 Å². The number of hydrogen-bond acceptors (Lipinski definition) is 3. The summed E-state index contributed by atoms with van der Waals surface area (Å²) >= 11 is 1.66. The van der Waals surface area contributed by atoms with Crippen molar-refractivity contribution in [1.82, 2.24) is 9.80 Å². The normalized spacial score (nSPS) is 16.8. The molecule has 5 heteroatoms. The zero-order valence-electron chi connectivity index (χ0n) is 14.5. The highest BCUT2D eigenvalue weighted by molar-refractivity contribution is 7.14. The Morgan fingerprint density at radius 2 is 1.56 bits per heavy atom. The van der Waals surface area contributed by atoms with Gasteiger partial charge in [-0.2, -0.15) is 0 Å². The minimum Gasteiger partial charge on any atom is -0.335 e. The maximum atomic E-state index is 12.7. The van der Waals surface area contributed by atoms with Crippen LogP contribution in [-0.4, -0.2) is 47.8 Å². The van der Waals surface area contributed by atoms with Gasteiger partial charge in [0.15, 0.2) is 0 Å². The number of carbonyl (C=O) groups is 2. The van der Waals surface area contributed by atoms with E-state index in [0.717, 1.165) is 28.8 Å². The molecule has 1 aromatic heterocycles. The second kappa shape index (κ2) is 6.64. The van der Waals surface area contributed by atoms with Crippen LogP contribution in [0.3, 0.4) is 0 Å². The molecule has 2 aliphatic rings. The SMILES string of the molecule is Cc1ccc(C(=O)N2CCN(C(=O)c3cc4c(s3)CCC4)CC2)cc1. The number of nitrogens with zero attached hydrogens (tertiary/aromatic N) is 2. The first-order valence-corrected chi connectivity index (χ1v) is 9.70. The Balaban J connectivity index is 1.38. The van der Waals surface area contributed by atoms with Gasteiger partial charge in [-0.3, -0.25) is 9.59 Å². The minimum absolute atomic E-state index is 0.0576. The summed E-state index contributed by atoms with van der Waals surface area (Å²) in [5.41, 5.74) is 3.23. The fourth-order valence-electron chi connectivity index (χ4n) is 3.58. The lowest BCUT2D eigenvalue weighted by atomic mass is 10.1. The van der Waals surface area contributed by atoms with Gasteiger partial charge in [0.25, 0.3) is 11.8 Å². The minimum atomic E-state index is 0.0576. The van der Waals surface area contributed by atoms with E-state index in [2.05, 4.69) is 6.07 Å². The van der Waals surface area contributed by atoms with Crippen molar-refractivity contribution in [3.8, 4) is 0 Å². The molecule has 0 atom stereocenters. The topological polar surface area (TPSA) is 40.6 Å². The maximum Gasteiger partial charge on any atom is 0.264 e. The van der Waals surface area contributed by atoms with Crippen LogP contribution in [0.15, 0.2) is 30.3 Å². The number of carbonyl (C=O) groups excluding carboxylic acids is 2. The highest BCUT2D eigenvalue weighted by Gasteiger charge is 2.27. The van der Waals surface area contributed by atoms with Crippen molar-refractivity contribution in [2.24, 2.45) is 0 Å². The van der Waals surface area contributed by atoms with E-state index in [-0.39, 0.29) is 11.8 Å². The first-order valence-electron chi connectivity index (χ1n) is 8.88. The van der Waals surface area contributed by atoms with Gasteiger partial charge < -0.3 is 9.80 Å². The van der Waals surface area contributed by atoms with Gasteiger partial charge in [0.1, 0.15) is 0 Å². The van der Waals surface area contributed by atoms with Crippen molar-refractivity contribution >= 4 is 23.2 Å². The van der Waals surface area contributed by atoms with Crippen LogP contribution < -0.4 is 0 Å². The number of aryl methyl sites for hydroxylation is 3. The van der Waals surface area contributed by atoms with Crippen LogP contribution in [-0.2, 0) is 12.8 Å². The first kappa shape index (κ1) is 16.3. The number of benzene rings is 1. The molecule has 4 rings (SSSR count). The molecule has 1 aliphatic heterocycles. The Morgan fingerprint density at radius 1 is 0.920 bits per heavy atom. The summed E-state index contributed by atoms with van der Waals surface area (Å²) in [5.74, 6) is 0.184. The molecule has 2 heterocycles. The van der Waals surface area contributed by atoms with Gasteiger partial charge in [0.2, 0.25) is 0 Å². The third-order valence-corrected chi connectivity index (χ3v) is 6.34. The lowest BCUT2D eigenvalue weighted by Gasteiger charge is -2.34. The number of thiophene rings is 1. The summed E-state index contributed by atoms with van der Waals surface area (Å²) < 4.78 is 0. The summed E-state index contributed by atoms with van der Waals surface area (Å²) in [6.45, 7) is 4.43. The first-order chi connectivity index (χ1) is 12.1. The molecule has 4 nitrogen and oxygen atoms in total. The lowest BCUT2D eigenvalue weighted by molar-refractivity contribution is 0.0538. The molecule has 1 saturated heterocycles. The van der Waals surface area contributed by atoms with E-state index in [9.17, 15) is 9.59 Å². The highest BCUT2D eigenvalue weighted by atomic mass is 32.1. The molecular formula is C20H22N2O2S. The van der Waals surface area contributed by atoms with Crippen molar-refractivity contribution in [2.75, 3.05) is 26.2 Å². The average molecular weight is 354 g/mol. The third-order valence-electron chi connectivity index (χ3n) is 5.11. The molecule has 0 saturated carbocycles. The maximum absolute atomic E-state index is 12.7. The van der Waals surface area contributed by atoms with E-state index in [1.54, 1.807) is 11.3 Å². The van der Waals surface area contributed by atoms with Crippen LogP contribution in [0, 0.1) is 6.92 Å². The van der Waals surface area contributed by atoms with Gasteiger partial charge in [-0.15, -0.1) is 11.3 Å². The fraction of sp³-hybridized carbons (Fsp3) is 0.400. The monoisotopic (exact) mass is 354 g/mol. The molecule has 1 aliphatic carbocycles. The van der Waals surface area contributed by atoms with Crippen LogP contribution in [0.1, 0.15) is 42.5 Å². The number of rotatable bonds is 2. The largest absolute Gasteiger partial charge is 0.335 e. The van der Waals surface area contributed by atoms with Gasteiger partial charge >= 0.3 is 0 Å². The van der Waals surface area contributed by atoms with E-state index >= 15 is 0 Å². The molecule has 0 bridgehead atoms. The number of hydrogen-bond donors (Lipinski definition) is 0. The zero-order valence-corrected chi connectivity index (χ0v) is 15.3. The summed E-state index contributed by atoms with van der Waals surface area (Å²) in [6, 6.07) is 9.76. The molecule has 0 spiro atoms. The highest BCUT2D eigenvalue weighted by Crippen LogP contribution is 2.31. The van der Waals surface area contributed by atoms with Crippen molar-refractivity contribution < 1.29 is 9.59 Å².